The molecule has 38 heavy (non-hydrogen) atoms. The number of carbonyl (C=O) groups is 2. The van der Waals surface area contributed by atoms with Crippen LogP contribution in [0.4, 0.5) is 0 Å². The molecule has 0 spiro atoms. The Kier molecular flexibility index (Phi) is 13.0. The predicted molar refractivity (Wildman–Crippen MR) is 150 cm³/mol. The molecule has 9 heteroatoms. The van der Waals surface area contributed by atoms with E-state index in [-0.39, 0.29) is 42.5 Å². The molecule has 1 unspecified atom stereocenters. The highest BCUT2D eigenvalue weighted by Gasteiger charge is 2.25. The molecule has 1 aromatic carbocycles. The number of benzene rings is 1. The molecule has 2 aromatic rings. The van der Waals surface area contributed by atoms with Crippen molar-refractivity contribution >= 4 is 11.9 Å². The lowest BCUT2D eigenvalue weighted by atomic mass is 9.91. The number of unbranched alkanes of at least 4 members (excludes halogenated alkanes) is 1. The normalized spacial score (nSPS) is 12.6. The lowest BCUT2D eigenvalue weighted by Gasteiger charge is -2.31. The summed E-state index contributed by atoms with van der Waals surface area (Å²) in [5.74, 6) is -0.993. The van der Waals surface area contributed by atoms with Crippen molar-refractivity contribution in [2.24, 2.45) is 0 Å². The highest BCUT2D eigenvalue weighted by atomic mass is 16.5. The van der Waals surface area contributed by atoms with Crippen molar-refractivity contribution in [1.29, 1.82) is 0 Å². The minimum absolute atomic E-state index is 0.0814. The molecule has 0 saturated heterocycles. The van der Waals surface area contributed by atoms with Gasteiger partial charge in [0.05, 0.1) is 12.2 Å². The average Bonchev–Trinajstić information content (AvgIpc) is 2.90. The van der Waals surface area contributed by atoms with E-state index in [0.717, 1.165) is 44.3 Å². The number of aromatic nitrogens is 1. The van der Waals surface area contributed by atoms with Gasteiger partial charge in [-0.3, -0.25) is 19.0 Å². The van der Waals surface area contributed by atoms with E-state index in [1.165, 1.54) is 4.57 Å². The van der Waals surface area contributed by atoms with E-state index >= 15 is 0 Å². The van der Waals surface area contributed by atoms with Gasteiger partial charge in [-0.15, -0.1) is 0 Å². The van der Waals surface area contributed by atoms with E-state index in [4.69, 9.17) is 9.47 Å². The first kappa shape index (κ1) is 31.1. The fourth-order valence-corrected chi connectivity index (χ4v) is 4.23. The summed E-state index contributed by atoms with van der Waals surface area (Å²) in [4.78, 5) is 38.8. The van der Waals surface area contributed by atoms with Crippen LogP contribution in [0.25, 0.3) is 0 Å². The standard InChI is InChI=1S/C29H44N4O5/c1-6-8-14-29(4,32-18-17-30-5)15-16-31-27(35)24-19-22(3)33(20-25(34)37-7-2)28(36)26(24)38-21-23-12-10-9-11-13-23/h9-13,19,30,32H,6-8,14-18,20-21H2,1-5H3,(H,31,35). The van der Waals surface area contributed by atoms with E-state index in [9.17, 15) is 14.4 Å². The molecule has 0 bridgehead atoms. The second-order valence-corrected chi connectivity index (χ2v) is 9.70. The molecule has 0 aliphatic rings. The number of ether oxygens (including phenoxy) is 2. The molecule has 1 atom stereocenters. The van der Waals surface area contributed by atoms with Gasteiger partial charge < -0.3 is 25.4 Å². The first-order valence-electron chi connectivity index (χ1n) is 13.5. The summed E-state index contributed by atoms with van der Waals surface area (Å²) in [6, 6.07) is 11.0. The van der Waals surface area contributed by atoms with Gasteiger partial charge >= 0.3 is 5.97 Å². The van der Waals surface area contributed by atoms with Gasteiger partial charge in [0.15, 0.2) is 5.75 Å². The molecule has 9 nitrogen and oxygen atoms in total. The third kappa shape index (κ3) is 9.61. The maximum Gasteiger partial charge on any atom is 0.326 e. The van der Waals surface area contributed by atoms with Crippen LogP contribution in [0.5, 0.6) is 5.75 Å². The number of hydrogen-bond donors (Lipinski definition) is 3. The molecule has 2 rings (SSSR count). The second kappa shape index (κ2) is 15.9. The topological polar surface area (TPSA) is 111 Å². The molecule has 0 aliphatic heterocycles. The average molecular weight is 529 g/mol. The first-order valence-corrected chi connectivity index (χ1v) is 13.5. The van der Waals surface area contributed by atoms with Gasteiger partial charge in [0.2, 0.25) is 0 Å². The number of likely N-dealkylation sites (N-methyl/N-ethyl adjacent to an activating group) is 1. The number of carbonyl (C=O) groups excluding carboxylic acids is 2. The Morgan fingerprint density at radius 1 is 1.05 bits per heavy atom. The van der Waals surface area contributed by atoms with E-state index in [1.54, 1.807) is 19.9 Å². The summed E-state index contributed by atoms with van der Waals surface area (Å²) in [5.41, 5.74) is 0.825. The smallest absolute Gasteiger partial charge is 0.326 e. The van der Waals surface area contributed by atoms with E-state index in [1.807, 2.05) is 37.4 Å². The zero-order valence-corrected chi connectivity index (χ0v) is 23.5. The zero-order valence-electron chi connectivity index (χ0n) is 23.5. The van der Waals surface area contributed by atoms with Crippen molar-refractivity contribution in [3.05, 3.63) is 63.6 Å². The van der Waals surface area contributed by atoms with E-state index in [2.05, 4.69) is 29.8 Å². The summed E-state index contributed by atoms with van der Waals surface area (Å²) in [5, 5.41) is 9.74. The number of esters is 1. The van der Waals surface area contributed by atoms with Crippen molar-refractivity contribution in [2.75, 3.05) is 33.3 Å². The van der Waals surface area contributed by atoms with Crippen molar-refractivity contribution in [2.45, 2.75) is 72.1 Å². The van der Waals surface area contributed by atoms with Crippen molar-refractivity contribution in [3.63, 3.8) is 0 Å². The van der Waals surface area contributed by atoms with E-state index in [0.29, 0.717) is 12.2 Å². The SMILES string of the molecule is CCCCC(C)(CCNC(=O)c1cc(C)n(CC(=O)OCC)c(=O)c1OCc1ccccc1)NCCNC. The number of pyridine rings is 1. The zero-order chi connectivity index (χ0) is 28.0. The summed E-state index contributed by atoms with van der Waals surface area (Å²) in [7, 11) is 1.92. The fourth-order valence-electron chi connectivity index (χ4n) is 4.23. The van der Waals surface area contributed by atoms with Crippen molar-refractivity contribution < 1.29 is 19.1 Å². The molecular formula is C29H44N4O5. The van der Waals surface area contributed by atoms with Gasteiger partial charge in [-0.25, -0.2) is 0 Å². The lowest BCUT2D eigenvalue weighted by Crippen LogP contribution is -2.47. The Morgan fingerprint density at radius 2 is 1.79 bits per heavy atom. The highest BCUT2D eigenvalue weighted by Crippen LogP contribution is 2.20. The Hall–Kier alpha value is -3.17. The van der Waals surface area contributed by atoms with Crippen LogP contribution >= 0.6 is 0 Å². The number of nitrogens with one attached hydrogen (secondary N) is 3. The molecule has 3 N–H and O–H groups in total. The molecule has 0 aliphatic carbocycles. The van der Waals surface area contributed by atoms with Crippen LogP contribution in [0.2, 0.25) is 0 Å². The molecule has 1 heterocycles. The Labute approximate surface area is 226 Å². The van der Waals surface area contributed by atoms with Crippen LogP contribution in [-0.2, 0) is 22.7 Å². The lowest BCUT2D eigenvalue weighted by molar-refractivity contribution is -0.143. The Bertz CT molecular complexity index is 1090. The van der Waals surface area contributed by atoms with Crippen LogP contribution < -0.4 is 26.2 Å². The third-order valence-corrected chi connectivity index (χ3v) is 6.50. The van der Waals surface area contributed by atoms with Gasteiger partial charge in [0, 0.05) is 30.9 Å². The van der Waals surface area contributed by atoms with Gasteiger partial charge in [0.25, 0.3) is 11.5 Å². The monoisotopic (exact) mass is 528 g/mol. The fraction of sp³-hybridized carbons (Fsp3) is 0.552. The highest BCUT2D eigenvalue weighted by molar-refractivity contribution is 5.97. The first-order chi connectivity index (χ1) is 18.2. The number of hydrogen-bond acceptors (Lipinski definition) is 7. The molecule has 210 valence electrons. The summed E-state index contributed by atoms with van der Waals surface area (Å²) < 4.78 is 12.2. The minimum atomic E-state index is -0.541. The molecule has 0 fully saturated rings. The maximum absolute atomic E-state index is 13.4. The second-order valence-electron chi connectivity index (χ2n) is 9.70. The summed E-state index contributed by atoms with van der Waals surface area (Å²) in [6.07, 6.45) is 3.92. The largest absolute Gasteiger partial charge is 0.482 e. The Balaban J connectivity index is 2.25. The maximum atomic E-state index is 13.4. The Morgan fingerprint density at radius 3 is 2.45 bits per heavy atom. The van der Waals surface area contributed by atoms with Crippen molar-refractivity contribution in [1.82, 2.24) is 20.5 Å². The number of nitrogens with zero attached hydrogens (tertiary/aromatic N) is 1. The van der Waals surface area contributed by atoms with Crippen LogP contribution in [-0.4, -0.2) is 55.3 Å². The molecule has 0 radical (unpaired) electrons. The van der Waals surface area contributed by atoms with Gasteiger partial charge in [-0.05, 0) is 52.3 Å². The molecule has 1 amide bonds. The molecule has 1 aromatic heterocycles. The summed E-state index contributed by atoms with van der Waals surface area (Å²) >= 11 is 0. The van der Waals surface area contributed by atoms with E-state index < -0.39 is 11.5 Å². The quantitative estimate of drug-likeness (QED) is 0.214. The third-order valence-electron chi connectivity index (χ3n) is 6.50. The number of aryl methyl sites for hydroxylation is 1. The van der Waals surface area contributed by atoms with Crippen LogP contribution in [0, 0.1) is 6.92 Å². The summed E-state index contributed by atoms with van der Waals surface area (Å²) in [6.45, 7) is 9.95. The number of rotatable bonds is 17. The molecular weight excluding hydrogens is 484 g/mol. The van der Waals surface area contributed by atoms with Crippen LogP contribution in [0.15, 0.2) is 41.2 Å². The van der Waals surface area contributed by atoms with Crippen LogP contribution in [0.3, 0.4) is 0 Å². The van der Waals surface area contributed by atoms with Crippen LogP contribution in [0.1, 0.15) is 68.1 Å². The minimum Gasteiger partial charge on any atom is -0.482 e. The molecule has 0 saturated carbocycles. The van der Waals surface area contributed by atoms with Crippen molar-refractivity contribution in [3.8, 4) is 5.75 Å². The van der Waals surface area contributed by atoms with Gasteiger partial charge in [0.1, 0.15) is 13.2 Å². The predicted octanol–water partition coefficient (Wildman–Crippen LogP) is 3.18. The van der Waals surface area contributed by atoms with Gasteiger partial charge in [-0.2, -0.15) is 0 Å². The van der Waals surface area contributed by atoms with Gasteiger partial charge in [-0.1, -0.05) is 50.1 Å². The number of amides is 1.